The third-order valence-corrected chi connectivity index (χ3v) is 10.2. The molecule has 2 aromatic rings. The zero-order valence-corrected chi connectivity index (χ0v) is 35.5. The van der Waals surface area contributed by atoms with Crippen LogP contribution in [0.5, 0.6) is 0 Å². The molecule has 0 radical (unpaired) electrons. The van der Waals surface area contributed by atoms with Crippen molar-refractivity contribution in [1.82, 2.24) is 35.7 Å². The number of unbranched alkanes of at least 4 members (excludes halogenated alkanes) is 2. The maximum Gasteiger partial charge on any atom is 0.469 e. The Labute approximate surface area is 352 Å². The Balaban J connectivity index is 1.77. The number of aliphatic hydroxyl groups is 2. The van der Waals surface area contributed by atoms with Gasteiger partial charge in [-0.2, -0.15) is 0 Å². The lowest BCUT2D eigenvalue weighted by Crippen LogP contribution is -2.61. The Bertz CT molecular complexity index is 1860. The summed E-state index contributed by atoms with van der Waals surface area (Å²) in [5, 5.41) is 33.0. The molecular weight excluding hydrogens is 825 g/mol. The van der Waals surface area contributed by atoms with Gasteiger partial charge in [0.05, 0.1) is 19.0 Å². The zero-order chi connectivity index (χ0) is 45.3. The van der Waals surface area contributed by atoms with Crippen LogP contribution >= 0.6 is 7.82 Å². The Kier molecular flexibility index (Phi) is 20.0. The number of aryl methyl sites for hydroxylation is 1. The molecular formula is C37H58N9O14P. The third kappa shape index (κ3) is 16.7. The van der Waals surface area contributed by atoms with Crippen molar-refractivity contribution in [2.75, 3.05) is 19.8 Å². The van der Waals surface area contributed by atoms with Crippen LogP contribution in [0.25, 0.3) is 0 Å². The number of likely N-dealkylation sites (tertiary alicyclic amines) is 1. The van der Waals surface area contributed by atoms with Gasteiger partial charge in [0.1, 0.15) is 61.2 Å². The van der Waals surface area contributed by atoms with E-state index in [-0.39, 0.29) is 31.3 Å². The molecule has 0 saturated carbocycles. The molecule has 0 aromatic carbocycles. The largest absolute Gasteiger partial charge is 0.469 e. The number of hydrogen-bond donors (Lipinski definition) is 9. The number of phosphoric acid groups is 1. The van der Waals surface area contributed by atoms with E-state index in [2.05, 4.69) is 35.9 Å². The standard InChI is InChI=1S/C37H58N9O14P/c1-22(2)15-28(42-37(54)31-9-8-13-46(31)24(4)49)34(51)41-29(35(52)43-30(20-48)36(53)44-32(33(38)50)23(3)60-61(55,56)57)16-25-17-39-21-45(25)12-6-5-7-14-58-40-18-26-10-11-27(19-47)59-26/h10-11,17-18,21-23,28-32,47-48H,5-9,12-16,19-20H2,1-4H3,(H2,38,50)(H,41,51)(H,42,54)(H,43,52)(H,44,53)(H2,55,56,57)/b40-18+/t23-,28+,29+,30+,31+,32+/m1/s1. The lowest BCUT2D eigenvalue weighted by molar-refractivity contribution is -0.139. The maximum atomic E-state index is 14.0. The van der Waals surface area contributed by atoms with Crippen LogP contribution in [0.2, 0.25) is 0 Å². The molecule has 23 nitrogen and oxygen atoms in total. The van der Waals surface area contributed by atoms with E-state index in [9.17, 15) is 48.2 Å². The summed E-state index contributed by atoms with van der Waals surface area (Å²) in [7, 11) is -5.13. The van der Waals surface area contributed by atoms with Crippen LogP contribution in [0.3, 0.4) is 0 Å². The molecule has 1 fully saturated rings. The summed E-state index contributed by atoms with van der Waals surface area (Å²) in [6.07, 6.45) is 5.77. The fourth-order valence-electron chi connectivity index (χ4n) is 6.53. The average molecular weight is 884 g/mol. The van der Waals surface area contributed by atoms with Crippen LogP contribution in [0.1, 0.15) is 83.4 Å². The minimum Gasteiger partial charge on any atom is -0.458 e. The number of phosphoric ester groups is 1. The molecule has 61 heavy (non-hydrogen) atoms. The van der Waals surface area contributed by atoms with Crippen LogP contribution in [0.4, 0.5) is 0 Å². The minimum atomic E-state index is -5.13. The van der Waals surface area contributed by atoms with Crippen molar-refractivity contribution in [2.24, 2.45) is 16.8 Å². The lowest BCUT2D eigenvalue weighted by Gasteiger charge is -2.28. The highest BCUT2D eigenvalue weighted by atomic mass is 31.2. The number of primary amides is 1. The molecule has 24 heteroatoms. The number of aliphatic hydroxyl groups excluding tert-OH is 2. The topological polar surface area (TPSA) is 340 Å². The first-order chi connectivity index (χ1) is 28.8. The predicted octanol–water partition coefficient (Wildman–Crippen LogP) is -1.30. The first kappa shape index (κ1) is 50.2. The summed E-state index contributed by atoms with van der Waals surface area (Å²) >= 11 is 0. The fraction of sp³-hybridized carbons (Fsp3) is 0.622. The first-order valence-electron chi connectivity index (χ1n) is 19.8. The normalized spacial score (nSPS) is 16.7. The Morgan fingerprint density at radius 1 is 1.00 bits per heavy atom. The molecule has 340 valence electrons. The molecule has 2 aromatic heterocycles. The van der Waals surface area contributed by atoms with Gasteiger partial charge in [-0.05, 0) is 63.5 Å². The Morgan fingerprint density at radius 3 is 2.31 bits per heavy atom. The number of furan rings is 1. The summed E-state index contributed by atoms with van der Waals surface area (Å²) in [6, 6.07) is -3.65. The summed E-state index contributed by atoms with van der Waals surface area (Å²) in [5.41, 5.74) is 5.83. The molecule has 10 N–H and O–H groups in total. The van der Waals surface area contributed by atoms with E-state index >= 15 is 0 Å². The first-order valence-corrected chi connectivity index (χ1v) is 21.3. The SMILES string of the molecule is CC(=O)N1CCC[C@H]1C(=O)N[C@@H](CC(C)C)C(=O)N[C@@H](Cc1cncn1CCCCCO/N=C/c1ccc(CO)o1)C(=O)N[C@@H](CO)C(=O)N[C@H](C(N)=O)[C@@H](C)OP(=O)(O)O. The van der Waals surface area contributed by atoms with Crippen LogP contribution in [-0.2, 0) is 62.3 Å². The predicted molar refractivity (Wildman–Crippen MR) is 214 cm³/mol. The van der Waals surface area contributed by atoms with Crippen molar-refractivity contribution in [1.29, 1.82) is 0 Å². The van der Waals surface area contributed by atoms with E-state index < -0.39 is 80.3 Å². The van der Waals surface area contributed by atoms with Crippen LogP contribution < -0.4 is 27.0 Å². The number of aromatic nitrogens is 2. The van der Waals surface area contributed by atoms with Gasteiger partial charge in [0.15, 0.2) is 0 Å². The van der Waals surface area contributed by atoms with E-state index in [1.165, 1.54) is 30.6 Å². The number of amides is 6. The van der Waals surface area contributed by atoms with E-state index in [4.69, 9.17) is 20.1 Å². The fourth-order valence-corrected chi connectivity index (χ4v) is 7.09. The van der Waals surface area contributed by atoms with Gasteiger partial charge in [0, 0.05) is 38.3 Å². The molecule has 6 atom stereocenters. The van der Waals surface area contributed by atoms with Gasteiger partial charge in [0.2, 0.25) is 35.4 Å². The molecule has 3 heterocycles. The van der Waals surface area contributed by atoms with Crippen molar-refractivity contribution in [3.8, 4) is 0 Å². The molecule has 6 amide bonds. The van der Waals surface area contributed by atoms with Crippen molar-refractivity contribution in [3.63, 3.8) is 0 Å². The van der Waals surface area contributed by atoms with E-state index in [0.717, 1.165) is 6.92 Å². The number of imidazole rings is 1. The van der Waals surface area contributed by atoms with Gasteiger partial charge in [-0.3, -0.25) is 33.3 Å². The van der Waals surface area contributed by atoms with E-state index in [1.54, 1.807) is 16.7 Å². The highest BCUT2D eigenvalue weighted by molar-refractivity contribution is 7.46. The van der Waals surface area contributed by atoms with Gasteiger partial charge in [-0.25, -0.2) is 9.55 Å². The highest BCUT2D eigenvalue weighted by Crippen LogP contribution is 2.38. The second-order valence-corrected chi connectivity index (χ2v) is 16.1. The average Bonchev–Trinajstić information content (AvgIpc) is 3.97. The van der Waals surface area contributed by atoms with Crippen LogP contribution in [0, 0.1) is 5.92 Å². The quantitative estimate of drug-likeness (QED) is 0.0230. The molecule has 0 aliphatic carbocycles. The number of nitrogens with zero attached hydrogens (tertiary/aromatic N) is 4. The summed E-state index contributed by atoms with van der Waals surface area (Å²) < 4.78 is 22.9. The number of hydrogen-bond acceptors (Lipinski definition) is 14. The maximum absolute atomic E-state index is 14.0. The minimum absolute atomic E-state index is 0.108. The second-order valence-electron chi connectivity index (χ2n) is 14.9. The van der Waals surface area contributed by atoms with Crippen molar-refractivity contribution in [2.45, 2.75) is 122 Å². The van der Waals surface area contributed by atoms with Gasteiger partial charge >= 0.3 is 7.82 Å². The molecule has 3 rings (SSSR count). The van der Waals surface area contributed by atoms with Crippen LogP contribution in [-0.4, -0.2) is 132 Å². The number of carbonyl (C=O) groups is 6. The zero-order valence-electron chi connectivity index (χ0n) is 34.6. The monoisotopic (exact) mass is 883 g/mol. The van der Waals surface area contributed by atoms with Crippen LogP contribution in [0.15, 0.2) is 34.2 Å². The summed E-state index contributed by atoms with van der Waals surface area (Å²) in [5.74, 6) is -4.20. The number of rotatable bonds is 26. The molecule has 0 bridgehead atoms. The summed E-state index contributed by atoms with van der Waals surface area (Å²) in [4.78, 5) is 108. The highest BCUT2D eigenvalue weighted by Gasteiger charge is 2.37. The van der Waals surface area contributed by atoms with Gasteiger partial charge in [-0.1, -0.05) is 19.0 Å². The van der Waals surface area contributed by atoms with E-state index in [0.29, 0.717) is 69.0 Å². The lowest BCUT2D eigenvalue weighted by atomic mass is 10.0. The number of nitrogens with two attached hydrogens (primary N) is 1. The smallest absolute Gasteiger partial charge is 0.458 e. The number of oxime groups is 1. The van der Waals surface area contributed by atoms with Crippen molar-refractivity contribution < 1.29 is 67.1 Å². The molecule has 1 aliphatic rings. The van der Waals surface area contributed by atoms with Crippen molar-refractivity contribution in [3.05, 3.63) is 41.9 Å². The molecule has 1 saturated heterocycles. The third-order valence-electron chi connectivity index (χ3n) is 9.57. The Hall–Kier alpha value is -5.19. The number of carbonyl (C=O) groups excluding carboxylic acids is 6. The van der Waals surface area contributed by atoms with Gasteiger partial charge in [-0.15, -0.1) is 0 Å². The van der Waals surface area contributed by atoms with Gasteiger partial charge in [0.25, 0.3) is 0 Å². The summed E-state index contributed by atoms with van der Waals surface area (Å²) in [6.45, 7) is 5.98. The van der Waals surface area contributed by atoms with E-state index in [1.807, 2.05) is 13.8 Å². The molecule has 1 aliphatic heterocycles. The Morgan fingerprint density at radius 2 is 1.69 bits per heavy atom. The van der Waals surface area contributed by atoms with Gasteiger partial charge < -0.3 is 65.7 Å². The molecule has 0 spiro atoms. The second kappa shape index (κ2) is 24.3. The molecule has 0 unspecified atom stereocenters. The van der Waals surface area contributed by atoms with Crippen molar-refractivity contribution >= 4 is 49.5 Å². The number of nitrogens with one attached hydrogen (secondary N) is 4.